The van der Waals surface area contributed by atoms with Crippen molar-refractivity contribution in [1.82, 2.24) is 19.4 Å². The van der Waals surface area contributed by atoms with Gasteiger partial charge in [0.2, 0.25) is 5.95 Å². The first-order valence-electron chi connectivity index (χ1n) is 14.6. The predicted octanol–water partition coefficient (Wildman–Crippen LogP) is 4.53. The largest absolute Gasteiger partial charge is 0.386 e. The minimum absolute atomic E-state index is 0.00577. The van der Waals surface area contributed by atoms with Crippen LogP contribution in [-0.2, 0) is 20.8 Å². The maximum absolute atomic E-state index is 14.6. The number of nitrogens with one attached hydrogen (secondary N) is 1. The molecule has 6 rings (SSSR count). The zero-order valence-electron chi connectivity index (χ0n) is 24.5. The van der Waals surface area contributed by atoms with Gasteiger partial charge in [0, 0.05) is 41.3 Å². The number of benzene rings is 1. The Bertz CT molecular complexity index is 1560. The molecule has 3 aliphatic rings. The summed E-state index contributed by atoms with van der Waals surface area (Å²) >= 11 is 6.57. The highest BCUT2D eigenvalue weighted by molar-refractivity contribution is 6.33. The summed E-state index contributed by atoms with van der Waals surface area (Å²) in [5.41, 5.74) is 0.652. The summed E-state index contributed by atoms with van der Waals surface area (Å²) in [5, 5.41) is 14.3. The van der Waals surface area contributed by atoms with Crippen LogP contribution in [0.2, 0.25) is 5.02 Å². The second kappa shape index (κ2) is 12.0. The van der Waals surface area contributed by atoms with Crippen LogP contribution in [-0.4, -0.2) is 81.0 Å². The van der Waals surface area contributed by atoms with Gasteiger partial charge in [-0.25, -0.2) is 18.7 Å². The molecule has 232 valence electrons. The van der Waals surface area contributed by atoms with Crippen LogP contribution >= 0.6 is 11.6 Å². The molecule has 3 saturated heterocycles. The fourth-order valence-corrected chi connectivity index (χ4v) is 6.65. The molecule has 2 N–H and O–H groups in total. The van der Waals surface area contributed by atoms with Crippen LogP contribution in [0.25, 0.3) is 22.2 Å². The van der Waals surface area contributed by atoms with E-state index in [4.69, 9.17) is 25.8 Å². The van der Waals surface area contributed by atoms with Gasteiger partial charge in [-0.15, -0.1) is 0 Å². The number of nitrogens with zero attached hydrogens (tertiary/aromatic N) is 4. The van der Waals surface area contributed by atoms with Gasteiger partial charge >= 0.3 is 0 Å². The van der Waals surface area contributed by atoms with E-state index in [1.165, 1.54) is 6.20 Å². The van der Waals surface area contributed by atoms with E-state index in [0.29, 0.717) is 48.7 Å². The molecule has 0 saturated carbocycles. The molecule has 0 aliphatic carbocycles. The van der Waals surface area contributed by atoms with E-state index in [1.54, 1.807) is 18.2 Å². The average molecular weight is 620 g/mol. The number of hydrogen-bond acceptors (Lipinski definition) is 9. The normalized spacial score (nSPS) is 27.9. The second-order valence-electron chi connectivity index (χ2n) is 11.9. The monoisotopic (exact) mass is 619 g/mol. The lowest BCUT2D eigenvalue weighted by Crippen LogP contribution is -2.49. The summed E-state index contributed by atoms with van der Waals surface area (Å²) in [4.78, 5) is 24.7. The third-order valence-corrected chi connectivity index (χ3v) is 8.86. The van der Waals surface area contributed by atoms with Crippen LogP contribution in [0, 0.1) is 0 Å². The number of anilines is 1. The van der Waals surface area contributed by atoms with Crippen LogP contribution in [0.5, 0.6) is 0 Å². The number of ether oxygens (including phenoxy) is 3. The molecule has 1 aromatic carbocycles. The van der Waals surface area contributed by atoms with E-state index in [0.717, 1.165) is 0 Å². The number of alkyl halides is 2. The van der Waals surface area contributed by atoms with Gasteiger partial charge in [-0.05, 0) is 46.2 Å². The Morgan fingerprint density at radius 2 is 1.93 bits per heavy atom. The molecule has 0 unspecified atom stereocenters. The lowest BCUT2D eigenvalue weighted by atomic mass is 10.0. The van der Waals surface area contributed by atoms with E-state index < -0.39 is 29.8 Å². The number of aliphatic hydroxyl groups is 1. The topological polar surface area (TPSA) is 111 Å². The predicted molar refractivity (Wildman–Crippen MR) is 158 cm³/mol. The van der Waals surface area contributed by atoms with Crippen LogP contribution in [0.3, 0.4) is 0 Å². The number of rotatable bonds is 7. The Morgan fingerprint density at radius 3 is 2.63 bits per heavy atom. The van der Waals surface area contributed by atoms with Crippen LogP contribution in [0.4, 0.5) is 14.7 Å². The minimum Gasteiger partial charge on any atom is -0.386 e. The van der Waals surface area contributed by atoms with Gasteiger partial charge in [0.05, 0.1) is 60.0 Å². The smallest absolute Gasteiger partial charge is 0.269 e. The SMILES string of the molecule is CC(C)n1c(CN2[C@@H](C)COC[C@@H]2C)c(C(F)F)c(=O)c2ccc(-c3nc(N[C@@H]4C[C@H]5CO[C@H](O5)[C@H]4O)ncc3Cl)cc21. The van der Waals surface area contributed by atoms with Gasteiger partial charge in [-0.1, -0.05) is 17.7 Å². The maximum Gasteiger partial charge on any atom is 0.269 e. The summed E-state index contributed by atoms with van der Waals surface area (Å²) < 4.78 is 47.8. The van der Waals surface area contributed by atoms with Crippen LogP contribution < -0.4 is 10.7 Å². The van der Waals surface area contributed by atoms with Crippen molar-refractivity contribution in [3.63, 3.8) is 0 Å². The van der Waals surface area contributed by atoms with E-state index in [9.17, 15) is 18.7 Å². The van der Waals surface area contributed by atoms with Gasteiger partial charge in [0.1, 0.15) is 6.10 Å². The molecule has 0 amide bonds. The van der Waals surface area contributed by atoms with Gasteiger partial charge in [-0.2, -0.15) is 0 Å². The Hall–Kier alpha value is -2.74. The number of fused-ring (bicyclic) bond motifs is 3. The molecule has 3 aliphatic heterocycles. The number of aromatic nitrogens is 3. The second-order valence-corrected chi connectivity index (χ2v) is 12.3. The molecule has 10 nitrogen and oxygen atoms in total. The van der Waals surface area contributed by atoms with E-state index in [2.05, 4.69) is 20.2 Å². The number of morpholine rings is 1. The summed E-state index contributed by atoms with van der Waals surface area (Å²) in [7, 11) is 0. The Kier molecular flexibility index (Phi) is 8.44. The lowest BCUT2D eigenvalue weighted by molar-refractivity contribution is -0.156. The molecular weight excluding hydrogens is 584 g/mol. The number of aliphatic hydroxyl groups excluding tert-OH is 1. The van der Waals surface area contributed by atoms with Crippen molar-refractivity contribution in [3.8, 4) is 11.3 Å². The summed E-state index contributed by atoms with van der Waals surface area (Å²) in [6, 6.07) is 4.36. The fourth-order valence-electron chi connectivity index (χ4n) is 6.45. The van der Waals surface area contributed by atoms with Crippen molar-refractivity contribution in [2.75, 3.05) is 25.1 Å². The maximum atomic E-state index is 14.6. The lowest BCUT2D eigenvalue weighted by Gasteiger charge is -2.40. The fraction of sp³-hybridized carbons (Fsp3) is 0.567. The molecule has 3 fully saturated rings. The highest BCUT2D eigenvalue weighted by atomic mass is 35.5. The molecule has 3 aromatic rings. The summed E-state index contributed by atoms with van der Waals surface area (Å²) in [5.74, 6) is 0.259. The molecule has 2 aromatic heterocycles. The van der Waals surface area contributed by atoms with Crippen molar-refractivity contribution in [2.24, 2.45) is 0 Å². The standard InChI is InChI=1S/C30H36ClF2N5O5/c1-14(2)38-22-7-17(25-20(31)9-34-30(36-25)35-21-8-18-13-42-29(43-18)27(21)40)5-6-19(22)26(39)24(28(32)33)23(38)10-37-15(3)11-41-12-16(37)4/h5-7,9,14-16,18,21,27-29,40H,8,10-13H2,1-4H3,(H,34,35,36)/t15-,16-,18-,21+,27-,29+/m0/s1. The van der Waals surface area contributed by atoms with Gasteiger partial charge < -0.3 is 29.2 Å². The van der Waals surface area contributed by atoms with Crippen molar-refractivity contribution in [1.29, 1.82) is 0 Å². The van der Waals surface area contributed by atoms with E-state index >= 15 is 0 Å². The molecule has 5 heterocycles. The first-order valence-corrected chi connectivity index (χ1v) is 15.0. The van der Waals surface area contributed by atoms with Crippen LogP contribution in [0.1, 0.15) is 57.8 Å². The van der Waals surface area contributed by atoms with E-state index in [-0.39, 0.29) is 53.2 Å². The average Bonchev–Trinajstić information content (AvgIpc) is 3.37. The Labute approximate surface area is 252 Å². The molecule has 0 spiro atoms. The van der Waals surface area contributed by atoms with Crippen molar-refractivity contribution in [2.45, 2.75) is 89.8 Å². The zero-order chi connectivity index (χ0) is 30.6. The number of hydrogen-bond donors (Lipinski definition) is 2. The summed E-state index contributed by atoms with van der Waals surface area (Å²) in [6.07, 6.45) is -2.68. The first kappa shape index (κ1) is 30.3. The first-order chi connectivity index (χ1) is 20.5. The molecule has 0 radical (unpaired) electrons. The minimum atomic E-state index is -2.94. The van der Waals surface area contributed by atoms with Crippen LogP contribution in [0.15, 0.2) is 29.2 Å². The summed E-state index contributed by atoms with van der Waals surface area (Å²) in [6.45, 7) is 9.39. The molecule has 2 bridgehead atoms. The van der Waals surface area contributed by atoms with Crippen molar-refractivity contribution >= 4 is 28.5 Å². The highest BCUT2D eigenvalue weighted by Crippen LogP contribution is 2.34. The molecule has 6 atom stereocenters. The number of halogens is 3. The third-order valence-electron chi connectivity index (χ3n) is 8.58. The Morgan fingerprint density at radius 1 is 1.19 bits per heavy atom. The van der Waals surface area contributed by atoms with Gasteiger partial charge in [-0.3, -0.25) is 9.69 Å². The highest BCUT2D eigenvalue weighted by Gasteiger charge is 2.43. The van der Waals surface area contributed by atoms with Crippen molar-refractivity contribution in [3.05, 3.63) is 50.9 Å². The Balaban J connectivity index is 1.44. The molecular formula is C30H36ClF2N5O5. The quantitative estimate of drug-likeness (QED) is 0.394. The molecule has 43 heavy (non-hydrogen) atoms. The number of pyridine rings is 1. The van der Waals surface area contributed by atoms with E-state index in [1.807, 2.05) is 32.3 Å². The third kappa shape index (κ3) is 5.65. The van der Waals surface area contributed by atoms with Gasteiger partial charge in [0.15, 0.2) is 11.7 Å². The zero-order valence-corrected chi connectivity index (χ0v) is 25.2. The molecule has 13 heteroatoms. The van der Waals surface area contributed by atoms with Gasteiger partial charge in [0.25, 0.3) is 6.43 Å². The van der Waals surface area contributed by atoms with Crippen molar-refractivity contribution < 1.29 is 28.1 Å².